The van der Waals surface area contributed by atoms with Gasteiger partial charge in [-0.3, -0.25) is 9.52 Å². The fourth-order valence-corrected chi connectivity index (χ4v) is 3.47. The zero-order chi connectivity index (χ0) is 20.3. The lowest BCUT2D eigenvalue weighted by molar-refractivity contribution is -0.305. The second-order valence-electron chi connectivity index (χ2n) is 6.35. The summed E-state index contributed by atoms with van der Waals surface area (Å²) in [5.41, 5.74) is 1.57. The lowest BCUT2D eigenvalue weighted by atomic mass is 10.0. The Hall–Kier alpha value is -3.14. The Morgan fingerprint density at radius 3 is 2.71 bits per heavy atom. The SMILES string of the molecule is CS(=O)(=O)Nc1cccc(C2=NN(C(=O)CCC(=O)[O-])[C@@H](c3ccco3)C2)c1. The van der Waals surface area contributed by atoms with Crippen molar-refractivity contribution in [2.24, 2.45) is 5.10 Å². The van der Waals surface area contributed by atoms with Gasteiger partial charge >= 0.3 is 0 Å². The predicted octanol–water partition coefficient (Wildman–Crippen LogP) is 0.859. The average Bonchev–Trinajstić information content (AvgIpc) is 3.27. The second kappa shape index (κ2) is 7.85. The molecule has 0 aliphatic carbocycles. The zero-order valence-corrected chi connectivity index (χ0v) is 15.8. The molecule has 0 saturated heterocycles. The Labute approximate surface area is 161 Å². The first kappa shape index (κ1) is 19.6. The van der Waals surface area contributed by atoms with Crippen LogP contribution in [-0.4, -0.2) is 37.3 Å². The molecule has 148 valence electrons. The average molecular weight is 404 g/mol. The number of rotatable bonds is 7. The third-order valence-corrected chi connectivity index (χ3v) is 4.69. The van der Waals surface area contributed by atoms with Crippen LogP contribution in [0, 0.1) is 0 Å². The topological polar surface area (TPSA) is 132 Å². The van der Waals surface area contributed by atoms with Crippen molar-refractivity contribution < 1.29 is 27.5 Å². The molecule has 0 unspecified atom stereocenters. The minimum absolute atomic E-state index is 0.244. The van der Waals surface area contributed by atoms with Crippen LogP contribution < -0.4 is 9.83 Å². The fraction of sp³-hybridized carbons (Fsp3) is 0.278. The van der Waals surface area contributed by atoms with E-state index in [1.807, 2.05) is 0 Å². The Morgan fingerprint density at radius 2 is 2.07 bits per heavy atom. The number of anilines is 1. The number of hydrazone groups is 1. The highest BCUT2D eigenvalue weighted by molar-refractivity contribution is 7.92. The van der Waals surface area contributed by atoms with Crippen molar-refractivity contribution >= 4 is 33.3 Å². The monoisotopic (exact) mass is 404 g/mol. The summed E-state index contributed by atoms with van der Waals surface area (Å²) in [6.07, 6.45) is 2.23. The second-order valence-corrected chi connectivity index (χ2v) is 8.10. The summed E-state index contributed by atoms with van der Waals surface area (Å²) in [4.78, 5) is 23.2. The van der Waals surface area contributed by atoms with E-state index >= 15 is 0 Å². The van der Waals surface area contributed by atoms with Crippen molar-refractivity contribution in [2.75, 3.05) is 11.0 Å². The van der Waals surface area contributed by atoms with Crippen molar-refractivity contribution in [1.82, 2.24) is 5.01 Å². The maximum Gasteiger partial charge on any atom is 0.243 e. The first-order valence-electron chi connectivity index (χ1n) is 8.44. The molecule has 1 aliphatic heterocycles. The lowest BCUT2D eigenvalue weighted by Gasteiger charge is -2.19. The molecular formula is C18H18N3O6S-. The number of furan rings is 1. The van der Waals surface area contributed by atoms with E-state index in [1.54, 1.807) is 36.4 Å². The van der Waals surface area contributed by atoms with Crippen molar-refractivity contribution in [3.63, 3.8) is 0 Å². The van der Waals surface area contributed by atoms with Crippen LogP contribution in [0.3, 0.4) is 0 Å². The molecule has 1 aliphatic rings. The van der Waals surface area contributed by atoms with Crippen molar-refractivity contribution in [3.8, 4) is 0 Å². The van der Waals surface area contributed by atoms with Gasteiger partial charge in [0.15, 0.2) is 0 Å². The summed E-state index contributed by atoms with van der Waals surface area (Å²) < 4.78 is 30.7. The van der Waals surface area contributed by atoms with Crippen LogP contribution in [0.4, 0.5) is 5.69 Å². The van der Waals surface area contributed by atoms with Crippen molar-refractivity contribution in [3.05, 3.63) is 54.0 Å². The van der Waals surface area contributed by atoms with E-state index in [0.717, 1.165) is 6.26 Å². The predicted molar refractivity (Wildman–Crippen MR) is 98.6 cm³/mol. The molecule has 1 amide bonds. The Bertz CT molecular complexity index is 1010. The zero-order valence-electron chi connectivity index (χ0n) is 15.0. The number of hydrogen-bond donors (Lipinski definition) is 1. The number of nitrogens with zero attached hydrogens (tertiary/aromatic N) is 2. The first-order chi connectivity index (χ1) is 13.2. The Balaban J connectivity index is 1.89. The molecular weight excluding hydrogens is 386 g/mol. The van der Waals surface area contributed by atoms with E-state index in [0.29, 0.717) is 29.1 Å². The van der Waals surface area contributed by atoms with Crippen LogP contribution in [0.5, 0.6) is 0 Å². The largest absolute Gasteiger partial charge is 0.550 e. The van der Waals surface area contributed by atoms with Gasteiger partial charge in [0.2, 0.25) is 15.9 Å². The first-order valence-corrected chi connectivity index (χ1v) is 10.3. The van der Waals surface area contributed by atoms with Crippen LogP contribution in [-0.2, 0) is 19.6 Å². The van der Waals surface area contributed by atoms with Crippen LogP contribution in [0.15, 0.2) is 52.2 Å². The number of carboxylic acid groups (broad SMARTS) is 1. The highest BCUT2D eigenvalue weighted by atomic mass is 32.2. The summed E-state index contributed by atoms with van der Waals surface area (Å²) in [6, 6.07) is 9.54. The number of hydrogen-bond acceptors (Lipinski definition) is 7. The Morgan fingerprint density at radius 1 is 1.29 bits per heavy atom. The lowest BCUT2D eigenvalue weighted by Crippen LogP contribution is -2.29. The Kier molecular flexibility index (Phi) is 5.50. The normalized spacial score (nSPS) is 16.7. The van der Waals surface area contributed by atoms with Gasteiger partial charge in [-0.1, -0.05) is 12.1 Å². The van der Waals surface area contributed by atoms with Gasteiger partial charge in [0.05, 0.1) is 18.2 Å². The van der Waals surface area contributed by atoms with Crippen LogP contribution >= 0.6 is 0 Å². The molecule has 0 spiro atoms. The van der Waals surface area contributed by atoms with E-state index in [-0.39, 0.29) is 6.42 Å². The molecule has 1 aromatic carbocycles. The molecule has 1 aromatic heterocycles. The van der Waals surface area contributed by atoms with Gasteiger partial charge in [0.1, 0.15) is 11.8 Å². The molecule has 1 N–H and O–H groups in total. The summed E-state index contributed by atoms with van der Waals surface area (Å²) in [6.45, 7) is 0. The standard InChI is InChI=1S/C18H19N3O6S/c1-28(25,26)20-13-5-2-4-12(10-13)14-11-15(16-6-3-9-27-16)21(19-14)17(22)7-8-18(23)24/h2-6,9-10,15,20H,7-8,11H2,1H3,(H,23,24)/p-1/t15-/m1/s1. The van der Waals surface area contributed by atoms with E-state index in [1.165, 1.54) is 11.3 Å². The van der Waals surface area contributed by atoms with Gasteiger partial charge in [0, 0.05) is 24.5 Å². The van der Waals surface area contributed by atoms with Gasteiger partial charge in [-0.05, 0) is 36.2 Å². The molecule has 9 nitrogen and oxygen atoms in total. The number of carbonyl (C=O) groups is 2. The summed E-state index contributed by atoms with van der Waals surface area (Å²) >= 11 is 0. The minimum Gasteiger partial charge on any atom is -0.550 e. The molecule has 28 heavy (non-hydrogen) atoms. The number of nitrogens with one attached hydrogen (secondary N) is 1. The van der Waals surface area contributed by atoms with E-state index in [9.17, 15) is 23.1 Å². The van der Waals surface area contributed by atoms with Gasteiger partial charge in [0.25, 0.3) is 0 Å². The smallest absolute Gasteiger partial charge is 0.243 e. The van der Waals surface area contributed by atoms with E-state index < -0.39 is 34.4 Å². The van der Waals surface area contributed by atoms with Crippen LogP contribution in [0.25, 0.3) is 0 Å². The maximum atomic E-state index is 12.5. The quantitative estimate of drug-likeness (QED) is 0.728. The number of carboxylic acids is 1. The van der Waals surface area contributed by atoms with Gasteiger partial charge in [-0.25, -0.2) is 13.4 Å². The van der Waals surface area contributed by atoms with Gasteiger partial charge < -0.3 is 14.3 Å². The molecule has 0 bridgehead atoms. The highest BCUT2D eigenvalue weighted by Crippen LogP contribution is 2.34. The van der Waals surface area contributed by atoms with E-state index in [4.69, 9.17) is 4.42 Å². The maximum absolute atomic E-state index is 12.5. The number of aliphatic carboxylic acids is 1. The number of carbonyl (C=O) groups excluding carboxylic acids is 2. The molecule has 2 aromatic rings. The molecule has 2 heterocycles. The van der Waals surface area contributed by atoms with Crippen molar-refractivity contribution in [1.29, 1.82) is 0 Å². The molecule has 0 radical (unpaired) electrons. The highest BCUT2D eigenvalue weighted by Gasteiger charge is 2.34. The molecule has 1 atom stereocenters. The van der Waals surface area contributed by atoms with Crippen LogP contribution in [0.2, 0.25) is 0 Å². The summed E-state index contributed by atoms with van der Waals surface area (Å²) in [5.74, 6) is -1.26. The third-order valence-electron chi connectivity index (χ3n) is 4.08. The van der Waals surface area contributed by atoms with Gasteiger partial charge in [-0.2, -0.15) is 5.10 Å². The van der Waals surface area contributed by atoms with E-state index in [2.05, 4.69) is 9.82 Å². The molecule has 0 fully saturated rings. The molecule has 3 rings (SSSR count). The summed E-state index contributed by atoms with van der Waals surface area (Å²) in [5, 5.41) is 16.3. The minimum atomic E-state index is -3.43. The number of amides is 1. The third kappa shape index (κ3) is 4.77. The van der Waals surface area contributed by atoms with Gasteiger partial charge in [-0.15, -0.1) is 0 Å². The van der Waals surface area contributed by atoms with Crippen LogP contribution in [0.1, 0.15) is 36.6 Å². The molecule has 10 heteroatoms. The summed E-state index contributed by atoms with van der Waals surface area (Å²) in [7, 11) is -3.43. The number of sulfonamides is 1. The fourth-order valence-electron chi connectivity index (χ4n) is 2.92. The van der Waals surface area contributed by atoms with Crippen molar-refractivity contribution in [2.45, 2.75) is 25.3 Å². The molecule has 0 saturated carbocycles. The number of benzene rings is 1.